The number of carbonyl (C=O) groups is 12. The SMILES string of the molecule is O=C(O)C[C@H](NC(=O)CCC(=O)NCCCCCCCCCCOCCNC(=O)CCC(=O)N[C@@H](CC(=O)O)C(=O)Nc1ccc(C(=O)N[C@@H](Cc2c[nH]c3ccccc23)C(=O)O)cc1OCCc1c[nH]c2ccccc12)C(=O)Nc1ccc(C(=O)N[C@@H](Cc2c[nH]c3ccccc23)C(=O)O)cc1OCCc1c[nH]c2ccccc12. The summed E-state index contributed by atoms with van der Waals surface area (Å²) in [7, 11) is 0. The molecule has 6 aromatic carbocycles. The number of carbonyl (C=O) groups excluding carboxylic acids is 8. The van der Waals surface area contributed by atoms with E-state index in [0.717, 1.165) is 99.7 Å². The van der Waals surface area contributed by atoms with Crippen molar-refractivity contribution < 1.29 is 92.2 Å². The lowest BCUT2D eigenvalue weighted by Gasteiger charge is -2.19. The van der Waals surface area contributed by atoms with Crippen molar-refractivity contribution in [3.63, 3.8) is 0 Å². The molecule has 4 aromatic heterocycles. The Hall–Kier alpha value is -13.3. The number of rotatable bonds is 48. The van der Waals surface area contributed by atoms with Gasteiger partial charge in [0.05, 0.1) is 44.0 Å². The Labute approximate surface area is 660 Å². The minimum Gasteiger partial charge on any atom is -0.491 e. The number of anilines is 2. The zero-order chi connectivity index (χ0) is 81.6. The number of benzene rings is 6. The van der Waals surface area contributed by atoms with Crippen molar-refractivity contribution >= 4 is 126 Å². The fourth-order valence-corrected chi connectivity index (χ4v) is 13.3. The fourth-order valence-electron chi connectivity index (χ4n) is 13.3. The van der Waals surface area contributed by atoms with Gasteiger partial charge < -0.3 is 97.1 Å². The van der Waals surface area contributed by atoms with Crippen molar-refractivity contribution in [3.8, 4) is 11.5 Å². The Morgan fingerprint density at radius 3 is 1.11 bits per heavy atom. The molecule has 0 aliphatic carbocycles. The summed E-state index contributed by atoms with van der Waals surface area (Å²) in [6, 6.07) is 32.2. The highest BCUT2D eigenvalue weighted by Gasteiger charge is 2.30. The maximum atomic E-state index is 13.8. The van der Waals surface area contributed by atoms with Gasteiger partial charge in [0.15, 0.2) is 0 Å². The van der Waals surface area contributed by atoms with E-state index < -0.39 is 108 Å². The summed E-state index contributed by atoms with van der Waals surface area (Å²) in [6.45, 7) is 1.33. The van der Waals surface area contributed by atoms with Crippen LogP contribution in [0.15, 0.2) is 158 Å². The van der Waals surface area contributed by atoms with Crippen molar-refractivity contribution in [2.45, 2.75) is 140 Å². The highest BCUT2D eigenvalue weighted by atomic mass is 16.5. The van der Waals surface area contributed by atoms with E-state index >= 15 is 0 Å². The van der Waals surface area contributed by atoms with Crippen LogP contribution in [0, 0.1) is 0 Å². The first-order chi connectivity index (χ1) is 55.6. The molecule has 0 saturated carbocycles. The van der Waals surface area contributed by atoms with Gasteiger partial charge in [-0.05, 0) is 95.8 Å². The predicted octanol–water partition coefficient (Wildman–Crippen LogP) is 9.13. The minimum absolute atomic E-state index is 0.000954. The van der Waals surface area contributed by atoms with Gasteiger partial charge in [-0.3, -0.25) is 47.9 Å². The summed E-state index contributed by atoms with van der Waals surface area (Å²) in [4.78, 5) is 168. The van der Waals surface area contributed by atoms with Crippen molar-refractivity contribution in [1.82, 2.24) is 51.8 Å². The normalized spacial score (nSPS) is 12.2. The van der Waals surface area contributed by atoms with E-state index in [-0.39, 0.29) is 98.9 Å². The molecule has 604 valence electrons. The number of ether oxygens (including phenoxy) is 3. The molecule has 0 unspecified atom stereocenters. The number of hydrogen-bond donors (Lipinski definition) is 16. The quantitative estimate of drug-likeness (QED) is 0.0158. The molecule has 16 N–H and O–H groups in total. The Bertz CT molecular complexity index is 4790. The molecule has 0 saturated heterocycles. The molecule has 0 bridgehead atoms. The fraction of sp³-hybridized carbons (Fsp3) is 0.333. The molecular weight excluding hydrogens is 1480 g/mol. The molecule has 115 heavy (non-hydrogen) atoms. The van der Waals surface area contributed by atoms with E-state index in [1.807, 2.05) is 109 Å². The molecule has 10 aromatic rings. The molecular formula is C84H94N12O19. The number of carboxylic acid groups (broad SMARTS) is 4. The number of carboxylic acids is 4. The summed E-state index contributed by atoms with van der Waals surface area (Å²) in [5.74, 6) is -11.0. The Morgan fingerprint density at radius 1 is 0.357 bits per heavy atom. The number of H-pyrrole nitrogens is 4. The number of fused-ring (bicyclic) bond motifs is 4. The molecule has 0 aliphatic rings. The van der Waals surface area contributed by atoms with Gasteiger partial charge >= 0.3 is 23.9 Å². The van der Waals surface area contributed by atoms with Crippen LogP contribution in [0.25, 0.3) is 43.6 Å². The van der Waals surface area contributed by atoms with Gasteiger partial charge in [0, 0.05) is 151 Å². The summed E-state index contributed by atoms with van der Waals surface area (Å²) in [6.07, 6.45) is 12.0. The first-order valence-corrected chi connectivity index (χ1v) is 38.2. The predicted molar refractivity (Wildman–Crippen MR) is 428 cm³/mol. The van der Waals surface area contributed by atoms with Crippen LogP contribution in [0.5, 0.6) is 11.5 Å². The second-order valence-electron chi connectivity index (χ2n) is 27.7. The average Bonchev–Trinajstić information content (AvgIpc) is 1.57. The number of para-hydroxylation sites is 4. The monoisotopic (exact) mass is 1570 g/mol. The van der Waals surface area contributed by atoms with E-state index in [1.54, 1.807) is 12.4 Å². The summed E-state index contributed by atoms with van der Waals surface area (Å²) >= 11 is 0. The third-order valence-electron chi connectivity index (χ3n) is 19.3. The van der Waals surface area contributed by atoms with Gasteiger partial charge in [-0.1, -0.05) is 111 Å². The average molecular weight is 1580 g/mol. The first kappa shape index (κ1) is 84.1. The lowest BCUT2D eigenvalue weighted by atomic mass is 10.0. The molecule has 0 spiro atoms. The third-order valence-corrected chi connectivity index (χ3v) is 19.3. The van der Waals surface area contributed by atoms with Crippen LogP contribution in [0.2, 0.25) is 0 Å². The van der Waals surface area contributed by atoms with Gasteiger partial charge in [0.2, 0.25) is 35.4 Å². The van der Waals surface area contributed by atoms with Crippen LogP contribution in [-0.2, 0) is 78.4 Å². The maximum Gasteiger partial charge on any atom is 0.326 e. The molecule has 31 heteroatoms. The number of aliphatic carboxylic acids is 4. The van der Waals surface area contributed by atoms with Crippen molar-refractivity contribution in [2.75, 3.05) is 50.2 Å². The molecule has 4 heterocycles. The van der Waals surface area contributed by atoms with E-state index in [4.69, 9.17) is 14.2 Å². The molecule has 0 radical (unpaired) electrons. The van der Waals surface area contributed by atoms with Gasteiger partial charge in [-0.2, -0.15) is 0 Å². The van der Waals surface area contributed by atoms with Crippen LogP contribution in [0.4, 0.5) is 11.4 Å². The Morgan fingerprint density at radius 2 is 0.713 bits per heavy atom. The number of hydrogen-bond acceptors (Lipinski definition) is 15. The topological polar surface area (TPSA) is 473 Å². The summed E-state index contributed by atoms with van der Waals surface area (Å²) in [5.41, 5.74) is 6.69. The molecule has 31 nitrogen and oxygen atoms in total. The van der Waals surface area contributed by atoms with Crippen molar-refractivity contribution in [2.24, 2.45) is 0 Å². The second kappa shape index (κ2) is 42.4. The van der Waals surface area contributed by atoms with Crippen LogP contribution >= 0.6 is 0 Å². The van der Waals surface area contributed by atoms with Crippen LogP contribution in [0.3, 0.4) is 0 Å². The molecule has 10 rings (SSSR count). The van der Waals surface area contributed by atoms with Crippen LogP contribution in [-0.4, -0.2) is 175 Å². The zero-order valence-corrected chi connectivity index (χ0v) is 63.2. The Kier molecular flexibility index (Phi) is 31.0. The lowest BCUT2D eigenvalue weighted by molar-refractivity contribution is -0.140. The lowest BCUT2D eigenvalue weighted by Crippen LogP contribution is -2.45. The number of aromatic nitrogens is 4. The van der Waals surface area contributed by atoms with Crippen LogP contribution in [0.1, 0.15) is 133 Å². The number of aromatic amines is 4. The van der Waals surface area contributed by atoms with E-state index in [0.29, 0.717) is 43.5 Å². The standard InChI is InChI=1S/C84H94N12O19/c97-73(29-31-75(99)91-67(45-77(101)102)81(107)93-65-27-25-51(43-71(65)114-38-33-53-47-87-61-21-11-7-17-57(53)61)79(105)95-69(83(109)110)41-55-49-89-63-23-13-9-19-59(55)63)85-35-15-5-3-1-2-4-6-16-37-113-40-36-86-74(98)30-32-76(100)92-68(46-78(103)104)82(108)94-66-28-26-52(44-72(66)115-39-34-54-48-88-62-22-12-8-18-58(54)62)80(106)96-70(84(111)112)42-56-50-90-64-24-14-10-20-60(56)64/h7-14,17-28,43-44,47-50,67-70,87-90H,1-6,15-16,29-42,45-46H2,(H,85,97)(H,86,98)(H,91,99)(H,92,100)(H,93,107)(H,94,108)(H,95,105)(H,96,106)(H,101,102)(H,103,104)(H,109,110)(H,111,112)/t67-,68-,69-,70-/m0/s1. The highest BCUT2D eigenvalue weighted by Crippen LogP contribution is 2.31. The van der Waals surface area contributed by atoms with Crippen molar-refractivity contribution in [1.29, 1.82) is 0 Å². The smallest absolute Gasteiger partial charge is 0.326 e. The zero-order valence-electron chi connectivity index (χ0n) is 63.2. The van der Waals surface area contributed by atoms with Gasteiger partial charge in [0.1, 0.15) is 35.7 Å². The van der Waals surface area contributed by atoms with E-state index in [9.17, 15) is 78.0 Å². The highest BCUT2D eigenvalue weighted by molar-refractivity contribution is 6.04. The third kappa shape index (κ3) is 25.3. The van der Waals surface area contributed by atoms with Crippen molar-refractivity contribution in [3.05, 3.63) is 192 Å². The first-order valence-electron chi connectivity index (χ1n) is 38.2. The number of amides is 8. The van der Waals surface area contributed by atoms with Crippen LogP contribution < -0.4 is 52.0 Å². The number of unbranched alkanes of at least 4 members (excludes halogenated alkanes) is 7. The molecule has 8 amide bonds. The van der Waals surface area contributed by atoms with Gasteiger partial charge in [-0.15, -0.1) is 0 Å². The van der Waals surface area contributed by atoms with Gasteiger partial charge in [-0.25, -0.2) is 9.59 Å². The second-order valence-corrected chi connectivity index (χ2v) is 27.7. The minimum atomic E-state index is -1.60. The Balaban J connectivity index is 0.583. The number of nitrogens with one attached hydrogen (secondary N) is 12. The molecule has 0 aliphatic heterocycles. The summed E-state index contributed by atoms with van der Waals surface area (Å²) in [5, 5.41) is 64.1. The largest absolute Gasteiger partial charge is 0.491 e. The summed E-state index contributed by atoms with van der Waals surface area (Å²) < 4.78 is 18.0. The molecule has 0 fully saturated rings. The van der Waals surface area contributed by atoms with E-state index in [1.165, 1.54) is 36.4 Å². The maximum absolute atomic E-state index is 13.8. The van der Waals surface area contributed by atoms with Gasteiger partial charge in [0.25, 0.3) is 11.8 Å². The molecule has 4 atom stereocenters. The van der Waals surface area contributed by atoms with E-state index in [2.05, 4.69) is 62.5 Å².